The van der Waals surface area contributed by atoms with Crippen molar-refractivity contribution in [1.82, 2.24) is 10.2 Å². The van der Waals surface area contributed by atoms with Gasteiger partial charge in [-0.3, -0.25) is 0 Å². The van der Waals surface area contributed by atoms with Crippen molar-refractivity contribution in [2.45, 2.75) is 19.6 Å². The third kappa shape index (κ3) is 7.21. The van der Waals surface area contributed by atoms with E-state index in [1.54, 1.807) is 0 Å². The minimum atomic E-state index is 0.879. The van der Waals surface area contributed by atoms with E-state index < -0.39 is 0 Å². The molecule has 19 heavy (non-hydrogen) atoms. The van der Waals surface area contributed by atoms with Crippen LogP contribution in [0.3, 0.4) is 0 Å². The zero-order valence-corrected chi connectivity index (χ0v) is 13.6. The van der Waals surface area contributed by atoms with Crippen LogP contribution < -0.4 is 5.32 Å². The summed E-state index contributed by atoms with van der Waals surface area (Å²) in [5.74, 6) is 2.13. The van der Waals surface area contributed by atoms with Crippen molar-refractivity contribution < 1.29 is 0 Å². The lowest BCUT2D eigenvalue weighted by Crippen LogP contribution is -2.32. The molecule has 0 aliphatic rings. The van der Waals surface area contributed by atoms with E-state index in [0.29, 0.717) is 0 Å². The third-order valence-electron chi connectivity index (χ3n) is 3.14. The Morgan fingerprint density at radius 1 is 1.16 bits per heavy atom. The summed E-state index contributed by atoms with van der Waals surface area (Å²) in [6.07, 6.45) is 0. The molecule has 0 unspecified atom stereocenters. The normalized spacial score (nSPS) is 11.2. The fourth-order valence-electron chi connectivity index (χ4n) is 1.84. The second kappa shape index (κ2) is 10.6. The highest BCUT2D eigenvalue weighted by molar-refractivity contribution is 7.98. The molecule has 0 spiro atoms. The van der Waals surface area contributed by atoms with E-state index in [4.69, 9.17) is 11.6 Å². The maximum absolute atomic E-state index is 6.12. The molecule has 0 amide bonds. The summed E-state index contributed by atoms with van der Waals surface area (Å²) in [6.45, 7) is 9.98. The third-order valence-corrected chi connectivity index (χ3v) is 4.51. The number of hydrogen-bond donors (Lipinski definition) is 1. The van der Waals surface area contributed by atoms with Gasteiger partial charge in [0.25, 0.3) is 0 Å². The molecule has 108 valence electrons. The van der Waals surface area contributed by atoms with Gasteiger partial charge in [-0.15, -0.1) is 0 Å². The zero-order valence-electron chi connectivity index (χ0n) is 12.0. The first-order chi connectivity index (χ1) is 9.27. The van der Waals surface area contributed by atoms with E-state index in [9.17, 15) is 0 Å². The first-order valence-electron chi connectivity index (χ1n) is 7.02. The lowest BCUT2D eigenvalue weighted by atomic mass is 10.2. The van der Waals surface area contributed by atoms with Crippen LogP contribution in [-0.4, -0.2) is 43.4 Å². The van der Waals surface area contributed by atoms with Crippen molar-refractivity contribution in [3.8, 4) is 0 Å². The average molecular weight is 301 g/mol. The first kappa shape index (κ1) is 16.8. The molecule has 0 aromatic heterocycles. The van der Waals surface area contributed by atoms with Crippen molar-refractivity contribution >= 4 is 23.4 Å². The fourth-order valence-corrected chi connectivity index (χ4v) is 3.03. The van der Waals surface area contributed by atoms with Crippen LogP contribution in [0.25, 0.3) is 0 Å². The molecule has 0 heterocycles. The topological polar surface area (TPSA) is 15.3 Å². The van der Waals surface area contributed by atoms with E-state index in [1.165, 1.54) is 5.56 Å². The standard InChI is InChI=1S/C15H25ClN2S/c1-3-18(4-2)11-9-17-10-12-19-13-14-7-5-6-8-15(14)16/h5-8,17H,3-4,9-13H2,1-2H3. The molecule has 0 bridgehead atoms. The number of hydrogen-bond acceptors (Lipinski definition) is 3. The molecule has 0 fully saturated rings. The summed E-state index contributed by atoms with van der Waals surface area (Å²) < 4.78 is 0. The number of rotatable bonds is 10. The van der Waals surface area contributed by atoms with Crippen LogP contribution in [0, 0.1) is 0 Å². The number of likely N-dealkylation sites (N-methyl/N-ethyl adjacent to an activating group) is 1. The van der Waals surface area contributed by atoms with Gasteiger partial charge in [0.05, 0.1) is 0 Å². The van der Waals surface area contributed by atoms with Gasteiger partial charge in [0.1, 0.15) is 0 Å². The Hall–Kier alpha value is -0.220. The molecule has 1 aromatic carbocycles. The predicted octanol–water partition coefficient (Wildman–Crippen LogP) is 3.50. The van der Waals surface area contributed by atoms with Crippen molar-refractivity contribution in [2.75, 3.05) is 38.5 Å². The van der Waals surface area contributed by atoms with E-state index >= 15 is 0 Å². The number of halogens is 1. The summed E-state index contributed by atoms with van der Waals surface area (Å²) >= 11 is 8.05. The monoisotopic (exact) mass is 300 g/mol. The van der Waals surface area contributed by atoms with Crippen LogP contribution in [-0.2, 0) is 5.75 Å². The molecule has 0 aliphatic carbocycles. The van der Waals surface area contributed by atoms with Crippen LogP contribution >= 0.6 is 23.4 Å². The average Bonchev–Trinajstić information content (AvgIpc) is 2.44. The molecule has 0 saturated carbocycles. The maximum atomic E-state index is 6.12. The Morgan fingerprint density at radius 2 is 1.89 bits per heavy atom. The molecular weight excluding hydrogens is 276 g/mol. The lowest BCUT2D eigenvalue weighted by molar-refractivity contribution is 0.303. The zero-order chi connectivity index (χ0) is 13.9. The van der Waals surface area contributed by atoms with Crippen LogP contribution in [0.4, 0.5) is 0 Å². The lowest BCUT2D eigenvalue weighted by Gasteiger charge is -2.17. The molecule has 0 aliphatic heterocycles. The van der Waals surface area contributed by atoms with Gasteiger partial charge < -0.3 is 10.2 Å². The van der Waals surface area contributed by atoms with E-state index in [-0.39, 0.29) is 0 Å². The molecule has 2 nitrogen and oxygen atoms in total. The van der Waals surface area contributed by atoms with Gasteiger partial charge in [0.2, 0.25) is 0 Å². The van der Waals surface area contributed by atoms with Gasteiger partial charge in [0, 0.05) is 36.2 Å². The van der Waals surface area contributed by atoms with E-state index in [2.05, 4.69) is 30.1 Å². The van der Waals surface area contributed by atoms with Crippen LogP contribution in [0.15, 0.2) is 24.3 Å². The van der Waals surface area contributed by atoms with Crippen molar-refractivity contribution in [1.29, 1.82) is 0 Å². The van der Waals surface area contributed by atoms with Crippen LogP contribution in [0.1, 0.15) is 19.4 Å². The summed E-state index contributed by atoms with van der Waals surface area (Å²) in [5.41, 5.74) is 1.23. The summed E-state index contributed by atoms with van der Waals surface area (Å²) in [4.78, 5) is 2.43. The Kier molecular flexibility index (Phi) is 9.35. The highest BCUT2D eigenvalue weighted by atomic mass is 35.5. The first-order valence-corrected chi connectivity index (χ1v) is 8.55. The molecular formula is C15H25ClN2S. The molecule has 0 radical (unpaired) electrons. The van der Waals surface area contributed by atoms with Crippen LogP contribution in [0.5, 0.6) is 0 Å². The fraction of sp³-hybridized carbons (Fsp3) is 0.600. The quantitative estimate of drug-likeness (QED) is 0.666. The second-order valence-corrected chi connectivity index (χ2v) is 5.93. The van der Waals surface area contributed by atoms with Gasteiger partial charge >= 0.3 is 0 Å². The maximum Gasteiger partial charge on any atom is 0.0446 e. The predicted molar refractivity (Wildman–Crippen MR) is 88.3 cm³/mol. The van der Waals surface area contributed by atoms with Gasteiger partial charge in [-0.25, -0.2) is 0 Å². The molecule has 1 N–H and O–H groups in total. The van der Waals surface area contributed by atoms with Gasteiger partial charge in [-0.2, -0.15) is 11.8 Å². The van der Waals surface area contributed by atoms with E-state index in [0.717, 1.165) is 49.3 Å². The Balaban J connectivity index is 2.01. The molecule has 4 heteroatoms. The second-order valence-electron chi connectivity index (χ2n) is 4.42. The van der Waals surface area contributed by atoms with Crippen molar-refractivity contribution in [3.63, 3.8) is 0 Å². The Morgan fingerprint density at radius 3 is 2.58 bits per heavy atom. The number of nitrogens with one attached hydrogen (secondary N) is 1. The SMILES string of the molecule is CCN(CC)CCNCCSCc1ccccc1Cl. The van der Waals surface area contributed by atoms with Gasteiger partial charge in [-0.05, 0) is 24.7 Å². The number of thioether (sulfide) groups is 1. The highest BCUT2D eigenvalue weighted by Gasteiger charge is 1.99. The van der Waals surface area contributed by atoms with Crippen molar-refractivity contribution in [2.24, 2.45) is 0 Å². The Labute approximate surface area is 126 Å². The highest BCUT2D eigenvalue weighted by Crippen LogP contribution is 2.20. The number of nitrogens with zero attached hydrogens (tertiary/aromatic N) is 1. The van der Waals surface area contributed by atoms with Gasteiger partial charge in [-0.1, -0.05) is 43.6 Å². The summed E-state index contributed by atoms with van der Waals surface area (Å²) in [6, 6.07) is 8.08. The van der Waals surface area contributed by atoms with E-state index in [1.807, 2.05) is 30.0 Å². The number of benzene rings is 1. The minimum Gasteiger partial charge on any atom is -0.315 e. The molecule has 1 aromatic rings. The van der Waals surface area contributed by atoms with Gasteiger partial charge in [0.15, 0.2) is 0 Å². The van der Waals surface area contributed by atoms with Crippen molar-refractivity contribution in [3.05, 3.63) is 34.9 Å². The molecule has 0 saturated heterocycles. The smallest absolute Gasteiger partial charge is 0.0446 e. The Bertz CT molecular complexity index is 343. The summed E-state index contributed by atoms with van der Waals surface area (Å²) in [5, 5.41) is 4.37. The molecule has 0 atom stereocenters. The minimum absolute atomic E-state index is 0.879. The largest absolute Gasteiger partial charge is 0.315 e. The summed E-state index contributed by atoms with van der Waals surface area (Å²) in [7, 11) is 0. The molecule has 1 rings (SSSR count). The van der Waals surface area contributed by atoms with Crippen LogP contribution in [0.2, 0.25) is 5.02 Å².